The van der Waals surface area contributed by atoms with Crippen LogP contribution >= 0.6 is 0 Å². The highest BCUT2D eigenvalue weighted by Gasteiger charge is 2.18. The van der Waals surface area contributed by atoms with E-state index in [1.54, 1.807) is 0 Å². The van der Waals surface area contributed by atoms with Crippen LogP contribution in [-0.2, 0) is 6.54 Å². The van der Waals surface area contributed by atoms with Crippen molar-refractivity contribution >= 4 is 16.9 Å². The Morgan fingerprint density at radius 2 is 2.20 bits per heavy atom. The zero-order valence-electron chi connectivity index (χ0n) is 11.8. The standard InChI is InChI=1S/C15H20N4O/c1-2-9-19-14-8-7-11(10-13(14)17-18-19)15(20)16-12-5-3-4-6-12/h7-8,10,12H,2-6,9H2,1H3,(H,16,20). The van der Waals surface area contributed by atoms with Gasteiger partial charge in [-0.3, -0.25) is 4.79 Å². The number of benzene rings is 1. The van der Waals surface area contributed by atoms with E-state index in [9.17, 15) is 4.79 Å². The van der Waals surface area contributed by atoms with Crippen LogP contribution in [0.1, 0.15) is 49.4 Å². The molecule has 1 fully saturated rings. The minimum Gasteiger partial charge on any atom is -0.349 e. The van der Waals surface area contributed by atoms with Gasteiger partial charge >= 0.3 is 0 Å². The summed E-state index contributed by atoms with van der Waals surface area (Å²) in [4.78, 5) is 12.2. The van der Waals surface area contributed by atoms with Crippen molar-refractivity contribution in [3.63, 3.8) is 0 Å². The summed E-state index contributed by atoms with van der Waals surface area (Å²) in [6.07, 6.45) is 5.65. The number of carbonyl (C=O) groups excluding carboxylic acids is 1. The van der Waals surface area contributed by atoms with E-state index in [2.05, 4.69) is 22.6 Å². The molecule has 0 bridgehead atoms. The average Bonchev–Trinajstić information content (AvgIpc) is 3.09. The molecule has 1 heterocycles. The SMILES string of the molecule is CCCn1nnc2cc(C(=O)NC3CCCC3)ccc21. The molecule has 106 valence electrons. The third kappa shape index (κ3) is 2.53. The van der Waals surface area contributed by atoms with E-state index < -0.39 is 0 Å². The lowest BCUT2D eigenvalue weighted by Gasteiger charge is -2.11. The molecule has 0 atom stereocenters. The molecule has 0 aliphatic heterocycles. The second-order valence-corrected chi connectivity index (χ2v) is 5.47. The summed E-state index contributed by atoms with van der Waals surface area (Å²) in [5.74, 6) is 0.00356. The topological polar surface area (TPSA) is 59.8 Å². The van der Waals surface area contributed by atoms with Gasteiger partial charge < -0.3 is 5.32 Å². The molecule has 2 aromatic rings. The molecular formula is C15H20N4O. The second kappa shape index (κ2) is 5.61. The molecule has 1 N–H and O–H groups in total. The van der Waals surface area contributed by atoms with Crippen molar-refractivity contribution in [1.29, 1.82) is 0 Å². The van der Waals surface area contributed by atoms with Crippen molar-refractivity contribution in [3.05, 3.63) is 23.8 Å². The maximum Gasteiger partial charge on any atom is 0.251 e. The fraction of sp³-hybridized carbons (Fsp3) is 0.533. The molecule has 1 amide bonds. The van der Waals surface area contributed by atoms with Crippen LogP contribution in [0.5, 0.6) is 0 Å². The van der Waals surface area contributed by atoms with Crippen LogP contribution in [0.2, 0.25) is 0 Å². The van der Waals surface area contributed by atoms with Gasteiger partial charge in [0, 0.05) is 18.2 Å². The van der Waals surface area contributed by atoms with Crippen molar-refractivity contribution < 1.29 is 4.79 Å². The lowest BCUT2D eigenvalue weighted by molar-refractivity contribution is 0.0938. The van der Waals surface area contributed by atoms with Gasteiger partial charge in [-0.25, -0.2) is 4.68 Å². The van der Waals surface area contributed by atoms with E-state index in [1.807, 2.05) is 22.9 Å². The molecule has 1 aliphatic rings. The summed E-state index contributed by atoms with van der Waals surface area (Å²) in [6, 6.07) is 5.98. The summed E-state index contributed by atoms with van der Waals surface area (Å²) in [7, 11) is 0. The average molecular weight is 272 g/mol. The zero-order chi connectivity index (χ0) is 13.9. The third-order valence-electron chi connectivity index (χ3n) is 3.90. The first-order chi connectivity index (χ1) is 9.78. The first kappa shape index (κ1) is 13.1. The van der Waals surface area contributed by atoms with Gasteiger partial charge in [-0.2, -0.15) is 0 Å². The van der Waals surface area contributed by atoms with E-state index in [1.165, 1.54) is 12.8 Å². The molecule has 1 aliphatic carbocycles. The third-order valence-corrected chi connectivity index (χ3v) is 3.90. The minimum atomic E-state index is 0.00356. The van der Waals surface area contributed by atoms with Gasteiger partial charge in [-0.1, -0.05) is 25.0 Å². The molecule has 0 spiro atoms. The maximum absolute atomic E-state index is 12.2. The van der Waals surface area contributed by atoms with Crippen LogP contribution in [-0.4, -0.2) is 26.9 Å². The summed E-state index contributed by atoms with van der Waals surface area (Å²) >= 11 is 0. The Morgan fingerprint density at radius 1 is 1.40 bits per heavy atom. The van der Waals surface area contributed by atoms with Gasteiger partial charge in [0.05, 0.1) is 5.52 Å². The fourth-order valence-electron chi connectivity index (χ4n) is 2.83. The number of rotatable bonds is 4. The Hall–Kier alpha value is -1.91. The summed E-state index contributed by atoms with van der Waals surface area (Å²) in [6.45, 7) is 2.96. The van der Waals surface area contributed by atoms with Crippen molar-refractivity contribution in [2.24, 2.45) is 0 Å². The smallest absolute Gasteiger partial charge is 0.251 e. The molecule has 0 radical (unpaired) electrons. The van der Waals surface area contributed by atoms with Crippen molar-refractivity contribution in [1.82, 2.24) is 20.3 Å². The fourth-order valence-corrected chi connectivity index (χ4v) is 2.83. The number of hydrogen-bond donors (Lipinski definition) is 1. The number of aromatic nitrogens is 3. The monoisotopic (exact) mass is 272 g/mol. The Labute approximate surface area is 118 Å². The van der Waals surface area contributed by atoms with Gasteiger partial charge in [0.2, 0.25) is 0 Å². The first-order valence-electron chi connectivity index (χ1n) is 7.42. The predicted octanol–water partition coefficient (Wildman–Crippen LogP) is 2.51. The van der Waals surface area contributed by atoms with E-state index in [-0.39, 0.29) is 5.91 Å². The zero-order valence-corrected chi connectivity index (χ0v) is 11.8. The van der Waals surface area contributed by atoms with Crippen molar-refractivity contribution in [3.8, 4) is 0 Å². The Bertz CT molecular complexity index is 613. The van der Waals surface area contributed by atoms with Gasteiger partial charge in [0.15, 0.2) is 0 Å². The molecule has 0 unspecified atom stereocenters. The molecule has 5 nitrogen and oxygen atoms in total. The lowest BCUT2D eigenvalue weighted by atomic mass is 10.1. The molecule has 1 aromatic heterocycles. The number of carbonyl (C=O) groups is 1. The van der Waals surface area contributed by atoms with Crippen LogP contribution in [0.15, 0.2) is 18.2 Å². The Kier molecular flexibility index (Phi) is 3.67. The van der Waals surface area contributed by atoms with E-state index >= 15 is 0 Å². The van der Waals surface area contributed by atoms with Crippen LogP contribution < -0.4 is 5.32 Å². The Morgan fingerprint density at radius 3 is 2.95 bits per heavy atom. The second-order valence-electron chi connectivity index (χ2n) is 5.47. The summed E-state index contributed by atoms with van der Waals surface area (Å²) < 4.78 is 1.88. The highest BCUT2D eigenvalue weighted by Crippen LogP contribution is 2.19. The summed E-state index contributed by atoms with van der Waals surface area (Å²) in [5.41, 5.74) is 2.45. The molecular weight excluding hydrogens is 252 g/mol. The molecule has 1 aromatic carbocycles. The molecule has 0 saturated heterocycles. The number of aryl methyl sites for hydroxylation is 1. The van der Waals surface area contributed by atoms with Gasteiger partial charge in [0.1, 0.15) is 5.52 Å². The minimum absolute atomic E-state index is 0.00356. The van der Waals surface area contributed by atoms with Gasteiger partial charge in [-0.15, -0.1) is 5.10 Å². The highest BCUT2D eigenvalue weighted by atomic mass is 16.1. The molecule has 1 saturated carbocycles. The number of nitrogens with one attached hydrogen (secondary N) is 1. The summed E-state index contributed by atoms with van der Waals surface area (Å²) in [5, 5.41) is 11.4. The van der Waals surface area contributed by atoms with E-state index in [0.717, 1.165) is 36.8 Å². The number of hydrogen-bond acceptors (Lipinski definition) is 3. The molecule has 3 rings (SSSR count). The molecule has 5 heteroatoms. The van der Waals surface area contributed by atoms with Crippen LogP contribution in [0.4, 0.5) is 0 Å². The van der Waals surface area contributed by atoms with Gasteiger partial charge in [-0.05, 0) is 37.5 Å². The normalized spacial score (nSPS) is 15.8. The number of nitrogens with zero attached hydrogens (tertiary/aromatic N) is 3. The van der Waals surface area contributed by atoms with E-state index in [4.69, 9.17) is 0 Å². The highest BCUT2D eigenvalue weighted by molar-refractivity contribution is 5.97. The van der Waals surface area contributed by atoms with Crippen molar-refractivity contribution in [2.75, 3.05) is 0 Å². The number of amides is 1. The lowest BCUT2D eigenvalue weighted by Crippen LogP contribution is -2.32. The predicted molar refractivity (Wildman–Crippen MR) is 77.5 cm³/mol. The first-order valence-corrected chi connectivity index (χ1v) is 7.42. The van der Waals surface area contributed by atoms with Crippen LogP contribution in [0.3, 0.4) is 0 Å². The molecule has 20 heavy (non-hydrogen) atoms. The van der Waals surface area contributed by atoms with Crippen LogP contribution in [0.25, 0.3) is 11.0 Å². The van der Waals surface area contributed by atoms with Gasteiger partial charge in [0.25, 0.3) is 5.91 Å². The van der Waals surface area contributed by atoms with E-state index in [0.29, 0.717) is 11.6 Å². The maximum atomic E-state index is 12.2. The van der Waals surface area contributed by atoms with Crippen LogP contribution in [0, 0.1) is 0 Å². The quantitative estimate of drug-likeness (QED) is 0.930. The Balaban J connectivity index is 1.79. The van der Waals surface area contributed by atoms with Crippen molar-refractivity contribution in [2.45, 2.75) is 51.6 Å². The largest absolute Gasteiger partial charge is 0.349 e. The number of fused-ring (bicyclic) bond motifs is 1.